The Morgan fingerprint density at radius 3 is 2.38 bits per heavy atom. The zero-order valence-electron chi connectivity index (χ0n) is 13.8. The van der Waals surface area contributed by atoms with Gasteiger partial charge in [-0.3, -0.25) is 9.36 Å². The summed E-state index contributed by atoms with van der Waals surface area (Å²) in [7, 11) is -2.77. The maximum atomic E-state index is 12.4. The zero-order chi connectivity index (χ0) is 18.1. The van der Waals surface area contributed by atoms with Crippen molar-refractivity contribution in [3.63, 3.8) is 0 Å². The number of aliphatic hydroxyl groups excluding tert-OH is 1. The molecule has 1 amide bonds. The van der Waals surface area contributed by atoms with E-state index in [1.807, 2.05) is 19.9 Å². The normalized spacial score (nSPS) is 14.8. The lowest BCUT2D eigenvalue weighted by Crippen LogP contribution is -2.47. The molecule has 0 saturated carbocycles. The first-order valence-corrected chi connectivity index (χ1v) is 9.23. The van der Waals surface area contributed by atoms with Gasteiger partial charge >= 0.3 is 5.97 Å². The second-order valence-electron chi connectivity index (χ2n) is 5.86. The molecule has 3 N–H and O–H groups in total. The Balaban J connectivity index is 2.85. The van der Waals surface area contributed by atoms with Crippen LogP contribution in [0.15, 0.2) is 30.3 Å². The van der Waals surface area contributed by atoms with E-state index in [0.717, 1.165) is 5.56 Å². The first-order valence-electron chi connectivity index (χ1n) is 7.71. The minimum absolute atomic E-state index is 0.0801. The van der Waals surface area contributed by atoms with E-state index in [0.29, 0.717) is 0 Å². The van der Waals surface area contributed by atoms with Crippen LogP contribution in [0.2, 0.25) is 0 Å². The van der Waals surface area contributed by atoms with Crippen molar-refractivity contribution in [1.82, 2.24) is 5.32 Å². The van der Waals surface area contributed by atoms with E-state index in [1.54, 1.807) is 24.3 Å². The summed E-state index contributed by atoms with van der Waals surface area (Å²) in [5, 5.41) is 20.6. The van der Waals surface area contributed by atoms with Crippen molar-refractivity contribution in [2.75, 3.05) is 6.35 Å². The fourth-order valence-electron chi connectivity index (χ4n) is 2.17. The topological polar surface area (TPSA) is 113 Å². The smallest absolute Gasteiger partial charge is 0.326 e. The Labute approximate surface area is 141 Å². The van der Waals surface area contributed by atoms with Crippen LogP contribution in [-0.4, -0.2) is 40.6 Å². The quantitative estimate of drug-likeness (QED) is 0.549. The maximum Gasteiger partial charge on any atom is 0.326 e. The van der Waals surface area contributed by atoms with Gasteiger partial charge in [-0.1, -0.05) is 44.2 Å². The fraction of sp³-hybridized carbons (Fsp3) is 0.500. The number of aliphatic hydroxyl groups is 1. The van der Waals surface area contributed by atoms with E-state index >= 15 is 0 Å². The van der Waals surface area contributed by atoms with Gasteiger partial charge in [0.05, 0.1) is 0 Å². The van der Waals surface area contributed by atoms with Gasteiger partial charge < -0.3 is 20.1 Å². The molecular weight excluding hydrogens is 333 g/mol. The summed E-state index contributed by atoms with van der Waals surface area (Å²) in [5.41, 5.74) is 0.779. The first-order chi connectivity index (χ1) is 11.3. The number of carbonyl (C=O) groups is 2. The van der Waals surface area contributed by atoms with Gasteiger partial charge in [0.15, 0.2) is 0 Å². The van der Waals surface area contributed by atoms with Crippen molar-refractivity contribution >= 4 is 19.9 Å². The van der Waals surface area contributed by atoms with Crippen molar-refractivity contribution in [3.05, 3.63) is 35.9 Å². The third kappa shape index (κ3) is 7.25. The molecule has 0 heterocycles. The van der Waals surface area contributed by atoms with Crippen molar-refractivity contribution in [2.45, 2.75) is 38.8 Å². The van der Waals surface area contributed by atoms with Crippen molar-refractivity contribution in [3.8, 4) is 0 Å². The number of carbonyl (C=O) groups excluding carboxylic acids is 1. The Kier molecular flexibility index (Phi) is 8.68. The van der Waals surface area contributed by atoms with E-state index in [2.05, 4.69) is 5.32 Å². The Bertz CT molecular complexity index is 563. The molecule has 8 heteroatoms. The van der Waals surface area contributed by atoms with E-state index in [1.165, 1.54) is 0 Å². The third-order valence-electron chi connectivity index (χ3n) is 3.28. The fourth-order valence-corrected chi connectivity index (χ4v) is 2.75. The largest absolute Gasteiger partial charge is 0.480 e. The van der Waals surface area contributed by atoms with Gasteiger partial charge in [-0.25, -0.2) is 4.79 Å². The van der Waals surface area contributed by atoms with Crippen LogP contribution in [0, 0.1) is 5.92 Å². The number of carboxylic acids is 1. The van der Waals surface area contributed by atoms with Gasteiger partial charge in [-0.15, -0.1) is 0 Å². The van der Waals surface area contributed by atoms with Crippen LogP contribution < -0.4 is 5.32 Å². The maximum absolute atomic E-state index is 12.4. The number of amides is 1. The van der Waals surface area contributed by atoms with Gasteiger partial charge in [-0.2, -0.15) is 0 Å². The van der Waals surface area contributed by atoms with Crippen molar-refractivity contribution < 1.29 is 28.9 Å². The molecule has 0 aromatic heterocycles. The molecule has 0 fully saturated rings. The van der Waals surface area contributed by atoms with Crippen LogP contribution in [0.1, 0.15) is 25.8 Å². The molecule has 24 heavy (non-hydrogen) atoms. The molecule has 3 atom stereocenters. The van der Waals surface area contributed by atoms with E-state index in [9.17, 15) is 19.3 Å². The van der Waals surface area contributed by atoms with Gasteiger partial charge in [0.25, 0.3) is 5.91 Å². The number of rotatable bonds is 10. The Hall–Kier alpha value is -1.69. The third-order valence-corrected chi connectivity index (χ3v) is 4.09. The number of hydrogen-bond donors (Lipinski definition) is 3. The molecule has 134 valence electrons. The van der Waals surface area contributed by atoms with Crippen molar-refractivity contribution in [1.29, 1.82) is 0 Å². The predicted octanol–water partition coefficient (Wildman–Crippen LogP) is 1.65. The summed E-state index contributed by atoms with van der Waals surface area (Å²) in [4.78, 5) is 23.7. The number of aliphatic carboxylic acids is 1. The lowest BCUT2D eigenvalue weighted by molar-refractivity contribution is -0.143. The number of carboxylic acid groups (broad SMARTS) is 1. The second kappa shape index (κ2) is 10.2. The number of nitrogens with one attached hydrogen (secondary N) is 1. The first kappa shape index (κ1) is 20.4. The molecule has 1 aromatic rings. The monoisotopic (exact) mass is 357 g/mol. The molecule has 0 aliphatic heterocycles. The Morgan fingerprint density at radius 2 is 1.88 bits per heavy atom. The molecule has 0 aliphatic carbocycles. The van der Waals surface area contributed by atoms with Gasteiger partial charge in [0.2, 0.25) is 8.03 Å². The van der Waals surface area contributed by atoms with E-state index in [4.69, 9.17) is 9.63 Å². The average molecular weight is 357 g/mol. The molecule has 0 radical (unpaired) electrons. The van der Waals surface area contributed by atoms with E-state index in [-0.39, 0.29) is 18.8 Å². The Morgan fingerprint density at radius 1 is 1.25 bits per heavy atom. The molecule has 1 rings (SSSR count). The van der Waals surface area contributed by atoms with Crippen LogP contribution in [0.3, 0.4) is 0 Å². The molecule has 1 aromatic carbocycles. The van der Waals surface area contributed by atoms with Crippen LogP contribution in [0.5, 0.6) is 0 Å². The van der Waals surface area contributed by atoms with Gasteiger partial charge in [-0.05, 0) is 17.9 Å². The average Bonchev–Trinajstić information content (AvgIpc) is 2.53. The summed E-state index contributed by atoms with van der Waals surface area (Å²) < 4.78 is 16.7. The van der Waals surface area contributed by atoms with Crippen LogP contribution in [0.25, 0.3) is 0 Å². The molecule has 0 bridgehead atoms. The standard InChI is InChI=1S/C16H24NO6P/c1-11(2)8-13(16(20)21)17-15(19)14(23-24(22)10-18)9-12-6-4-3-5-7-12/h3-7,11,13-14,18,24H,8-10H2,1-2H3,(H,17,19)(H,20,21)/t13-,14?/m0/s1. The SMILES string of the molecule is CC(C)C[C@H](NC(=O)C(Cc1ccccc1)O[PH](=O)CO)C(=O)O. The van der Waals surface area contributed by atoms with Crippen LogP contribution in [-0.2, 0) is 25.1 Å². The van der Waals surface area contributed by atoms with Crippen LogP contribution in [0.4, 0.5) is 0 Å². The highest BCUT2D eigenvalue weighted by Crippen LogP contribution is 2.24. The predicted molar refractivity (Wildman–Crippen MR) is 90.1 cm³/mol. The molecular formula is C16H24NO6P. The summed E-state index contributed by atoms with van der Waals surface area (Å²) in [6.45, 7) is 3.70. The minimum Gasteiger partial charge on any atom is -0.480 e. The summed E-state index contributed by atoms with van der Waals surface area (Å²) in [6, 6.07) is 7.91. The second-order valence-corrected chi connectivity index (χ2v) is 7.15. The van der Waals surface area contributed by atoms with E-state index < -0.39 is 38.4 Å². The zero-order valence-corrected chi connectivity index (χ0v) is 14.8. The molecule has 2 unspecified atom stereocenters. The lowest BCUT2D eigenvalue weighted by Gasteiger charge is -2.21. The van der Waals surface area contributed by atoms with Gasteiger partial charge in [0, 0.05) is 6.42 Å². The van der Waals surface area contributed by atoms with Gasteiger partial charge in [0.1, 0.15) is 18.5 Å². The van der Waals surface area contributed by atoms with Crippen molar-refractivity contribution in [2.24, 2.45) is 5.92 Å². The molecule has 0 saturated heterocycles. The number of benzene rings is 1. The summed E-state index contributed by atoms with van der Waals surface area (Å²) in [6.07, 6.45) is -1.39. The van der Waals surface area contributed by atoms with Crippen LogP contribution >= 0.6 is 8.03 Å². The minimum atomic E-state index is -2.77. The number of hydrogen-bond acceptors (Lipinski definition) is 5. The molecule has 0 spiro atoms. The highest BCUT2D eigenvalue weighted by molar-refractivity contribution is 7.38. The lowest BCUT2D eigenvalue weighted by atomic mass is 10.0. The molecule has 0 aliphatic rings. The molecule has 7 nitrogen and oxygen atoms in total. The summed E-state index contributed by atoms with van der Waals surface area (Å²) >= 11 is 0. The highest BCUT2D eigenvalue weighted by Gasteiger charge is 2.27. The highest BCUT2D eigenvalue weighted by atomic mass is 31.1. The summed E-state index contributed by atoms with van der Waals surface area (Å²) in [5.74, 6) is -1.71.